The van der Waals surface area contributed by atoms with Gasteiger partial charge in [0.25, 0.3) is 0 Å². The number of urea groups is 1. The third-order valence-electron chi connectivity index (χ3n) is 5.82. The number of hydrogen-bond donors (Lipinski definition) is 5. The summed E-state index contributed by atoms with van der Waals surface area (Å²) < 4.78 is 0. The fraction of sp³-hybridized carbons (Fsp3) is 0.241. The molecular weight excluding hydrogens is 520 g/mol. The van der Waals surface area contributed by atoms with E-state index in [4.69, 9.17) is 11.6 Å². The Morgan fingerprint density at radius 3 is 2.13 bits per heavy atom. The normalized spacial score (nSPS) is 11.2. The van der Waals surface area contributed by atoms with Crippen LogP contribution in [-0.2, 0) is 14.4 Å². The number of carbonyl (C=O) groups is 4. The van der Waals surface area contributed by atoms with Crippen LogP contribution in [0, 0.1) is 0 Å². The predicted molar refractivity (Wildman–Crippen MR) is 150 cm³/mol. The standard InChI is InChI=1S/C29H31ClN4O5/c30-23-10-4-5-11-24(23)34-29(39)31-17-7-6-12-26(35)32-19-27(36)33-25(18-28(37)38)22-15-13-21(14-16-22)20-8-2-1-3-9-20/h1-5,8-11,13-16,25H,6-7,12,17-19H2,(H,32,35)(H,33,36)(H,37,38)(H2,31,34,39). The number of carboxylic acid groups (broad SMARTS) is 1. The van der Waals surface area contributed by atoms with Gasteiger partial charge in [0.05, 0.1) is 29.7 Å². The minimum Gasteiger partial charge on any atom is -0.481 e. The van der Waals surface area contributed by atoms with E-state index in [1.54, 1.807) is 36.4 Å². The number of unbranched alkanes of at least 4 members (excludes halogenated alkanes) is 1. The van der Waals surface area contributed by atoms with Gasteiger partial charge in [0.2, 0.25) is 11.8 Å². The summed E-state index contributed by atoms with van der Waals surface area (Å²) in [6.45, 7) is 0.0968. The lowest BCUT2D eigenvalue weighted by molar-refractivity contribution is -0.138. The summed E-state index contributed by atoms with van der Waals surface area (Å²) in [6.07, 6.45) is 0.965. The second-order valence-corrected chi connectivity index (χ2v) is 9.21. The zero-order chi connectivity index (χ0) is 28.0. The first-order chi connectivity index (χ1) is 18.8. The molecular formula is C29H31ClN4O5. The largest absolute Gasteiger partial charge is 0.481 e. The van der Waals surface area contributed by atoms with E-state index in [9.17, 15) is 24.3 Å². The van der Waals surface area contributed by atoms with Crippen LogP contribution in [0.3, 0.4) is 0 Å². The molecule has 0 aliphatic carbocycles. The average Bonchev–Trinajstić information content (AvgIpc) is 2.93. The number of amides is 4. The number of halogens is 1. The maximum atomic E-state index is 12.4. The van der Waals surface area contributed by atoms with Crippen molar-refractivity contribution in [1.29, 1.82) is 0 Å². The van der Waals surface area contributed by atoms with Gasteiger partial charge < -0.3 is 26.4 Å². The molecule has 39 heavy (non-hydrogen) atoms. The van der Waals surface area contributed by atoms with E-state index in [2.05, 4.69) is 21.3 Å². The molecule has 10 heteroatoms. The molecule has 0 aliphatic heterocycles. The van der Waals surface area contributed by atoms with Crippen LogP contribution in [0.2, 0.25) is 5.02 Å². The molecule has 0 saturated carbocycles. The van der Waals surface area contributed by atoms with Crippen molar-refractivity contribution in [3.8, 4) is 11.1 Å². The Hall–Kier alpha value is -4.37. The number of anilines is 1. The SMILES string of the molecule is O=C(O)CC(NC(=O)CNC(=O)CCCCNC(=O)Nc1ccccc1Cl)c1ccc(-c2ccccc2)cc1. The molecule has 0 aromatic heterocycles. The Labute approximate surface area is 232 Å². The van der Waals surface area contributed by atoms with Gasteiger partial charge in [-0.1, -0.05) is 78.3 Å². The Bertz CT molecular complexity index is 1270. The second kappa shape index (κ2) is 15.1. The Morgan fingerprint density at radius 2 is 1.44 bits per heavy atom. The van der Waals surface area contributed by atoms with Gasteiger partial charge in [0.15, 0.2) is 0 Å². The van der Waals surface area contributed by atoms with Gasteiger partial charge in [-0.15, -0.1) is 0 Å². The molecule has 0 fully saturated rings. The van der Waals surface area contributed by atoms with Crippen molar-refractivity contribution in [2.24, 2.45) is 0 Å². The van der Waals surface area contributed by atoms with Gasteiger partial charge in [-0.3, -0.25) is 14.4 Å². The Balaban J connectivity index is 1.37. The minimum atomic E-state index is -1.05. The zero-order valence-corrected chi connectivity index (χ0v) is 22.0. The number of aliphatic carboxylic acids is 1. The van der Waals surface area contributed by atoms with E-state index in [1.165, 1.54) is 0 Å². The lowest BCUT2D eigenvalue weighted by Crippen LogP contribution is -2.39. The van der Waals surface area contributed by atoms with Gasteiger partial charge in [0, 0.05) is 13.0 Å². The summed E-state index contributed by atoms with van der Waals surface area (Å²) in [5.41, 5.74) is 3.16. The molecule has 4 amide bonds. The van der Waals surface area contributed by atoms with Crippen molar-refractivity contribution >= 4 is 41.1 Å². The topological polar surface area (TPSA) is 137 Å². The van der Waals surface area contributed by atoms with Crippen LogP contribution in [0.25, 0.3) is 11.1 Å². The zero-order valence-electron chi connectivity index (χ0n) is 21.3. The van der Waals surface area contributed by atoms with Crippen molar-refractivity contribution in [1.82, 2.24) is 16.0 Å². The molecule has 0 heterocycles. The first-order valence-corrected chi connectivity index (χ1v) is 12.9. The van der Waals surface area contributed by atoms with Gasteiger partial charge in [-0.05, 0) is 41.7 Å². The smallest absolute Gasteiger partial charge is 0.319 e. The van der Waals surface area contributed by atoms with Gasteiger partial charge in [0.1, 0.15) is 0 Å². The molecule has 3 aromatic rings. The van der Waals surface area contributed by atoms with Crippen LogP contribution >= 0.6 is 11.6 Å². The molecule has 9 nitrogen and oxygen atoms in total. The molecule has 1 atom stereocenters. The monoisotopic (exact) mass is 550 g/mol. The van der Waals surface area contributed by atoms with Crippen LogP contribution in [0.1, 0.15) is 37.3 Å². The van der Waals surface area contributed by atoms with E-state index in [0.717, 1.165) is 11.1 Å². The van der Waals surface area contributed by atoms with Crippen molar-refractivity contribution in [2.45, 2.75) is 31.7 Å². The summed E-state index contributed by atoms with van der Waals surface area (Å²) in [4.78, 5) is 47.9. The molecule has 204 valence electrons. The number of nitrogens with one attached hydrogen (secondary N) is 4. The molecule has 0 spiro atoms. The summed E-state index contributed by atoms with van der Waals surface area (Å²) >= 11 is 6.01. The van der Waals surface area contributed by atoms with Crippen molar-refractivity contribution in [3.63, 3.8) is 0 Å². The van der Waals surface area contributed by atoms with E-state index >= 15 is 0 Å². The number of rotatable bonds is 13. The van der Waals surface area contributed by atoms with E-state index in [0.29, 0.717) is 35.7 Å². The molecule has 0 aliphatic rings. The van der Waals surface area contributed by atoms with Crippen LogP contribution in [0.5, 0.6) is 0 Å². The van der Waals surface area contributed by atoms with Crippen LogP contribution in [-0.4, -0.2) is 42.0 Å². The van der Waals surface area contributed by atoms with E-state index in [-0.39, 0.29) is 25.3 Å². The lowest BCUT2D eigenvalue weighted by atomic mass is 9.99. The highest BCUT2D eigenvalue weighted by Gasteiger charge is 2.18. The molecule has 0 saturated heterocycles. The first kappa shape index (κ1) is 29.2. The summed E-state index contributed by atoms with van der Waals surface area (Å²) in [5.74, 6) is -1.85. The van der Waals surface area contributed by atoms with Crippen molar-refractivity contribution < 1.29 is 24.3 Å². The summed E-state index contributed by atoms with van der Waals surface area (Å²) in [7, 11) is 0. The summed E-state index contributed by atoms with van der Waals surface area (Å²) in [6, 6.07) is 22.8. The molecule has 3 rings (SSSR count). The molecule has 3 aromatic carbocycles. The lowest BCUT2D eigenvalue weighted by Gasteiger charge is -2.18. The highest BCUT2D eigenvalue weighted by Crippen LogP contribution is 2.23. The predicted octanol–water partition coefficient (Wildman–Crippen LogP) is 4.75. The Morgan fingerprint density at radius 1 is 0.769 bits per heavy atom. The highest BCUT2D eigenvalue weighted by atomic mass is 35.5. The second-order valence-electron chi connectivity index (χ2n) is 8.80. The molecule has 0 radical (unpaired) electrons. The maximum absolute atomic E-state index is 12.4. The number of para-hydroxylation sites is 1. The van der Waals surface area contributed by atoms with Crippen molar-refractivity contribution in [3.05, 3.63) is 89.4 Å². The molecule has 5 N–H and O–H groups in total. The quantitative estimate of drug-likeness (QED) is 0.196. The average molecular weight is 551 g/mol. The third-order valence-corrected chi connectivity index (χ3v) is 6.15. The van der Waals surface area contributed by atoms with Gasteiger partial charge in [-0.2, -0.15) is 0 Å². The number of hydrogen-bond acceptors (Lipinski definition) is 4. The number of carboxylic acids is 1. The Kier molecular flexibility index (Phi) is 11.3. The highest BCUT2D eigenvalue weighted by molar-refractivity contribution is 6.33. The van der Waals surface area contributed by atoms with Crippen LogP contribution in [0.4, 0.5) is 10.5 Å². The van der Waals surface area contributed by atoms with Crippen LogP contribution < -0.4 is 21.3 Å². The van der Waals surface area contributed by atoms with Gasteiger partial charge >= 0.3 is 12.0 Å². The summed E-state index contributed by atoms with van der Waals surface area (Å²) in [5, 5.41) is 20.3. The molecule has 0 bridgehead atoms. The minimum absolute atomic E-state index is 0.181. The first-order valence-electron chi connectivity index (χ1n) is 12.5. The molecule has 1 unspecified atom stereocenters. The van der Waals surface area contributed by atoms with Crippen molar-refractivity contribution in [2.75, 3.05) is 18.4 Å². The van der Waals surface area contributed by atoms with E-state index in [1.807, 2.05) is 42.5 Å². The van der Waals surface area contributed by atoms with Crippen LogP contribution in [0.15, 0.2) is 78.9 Å². The fourth-order valence-corrected chi connectivity index (χ4v) is 4.00. The number of benzene rings is 3. The maximum Gasteiger partial charge on any atom is 0.319 e. The van der Waals surface area contributed by atoms with Gasteiger partial charge in [-0.25, -0.2) is 4.79 Å². The number of carbonyl (C=O) groups excluding carboxylic acids is 3. The third kappa shape index (κ3) is 10.1. The van der Waals surface area contributed by atoms with E-state index < -0.39 is 23.9 Å². The fourth-order valence-electron chi connectivity index (χ4n) is 3.82.